The number of fused-ring (bicyclic) bond motifs is 1. The lowest BCUT2D eigenvalue weighted by atomic mass is 10.1. The van der Waals surface area contributed by atoms with Crippen LogP contribution in [0.1, 0.15) is 29.8 Å². The SMILES string of the molecule is CCN(CC)CCNC(=O)c1ccc2c(c1)N(Cc1ccccc1)C(=O)CS2. The summed E-state index contributed by atoms with van der Waals surface area (Å²) in [5, 5.41) is 2.99. The highest BCUT2D eigenvalue weighted by molar-refractivity contribution is 8.00. The Morgan fingerprint density at radius 2 is 1.89 bits per heavy atom. The van der Waals surface area contributed by atoms with Crippen LogP contribution < -0.4 is 10.2 Å². The maximum Gasteiger partial charge on any atom is 0.251 e. The van der Waals surface area contributed by atoms with Crippen molar-refractivity contribution in [3.63, 3.8) is 0 Å². The number of nitrogens with zero attached hydrogens (tertiary/aromatic N) is 2. The number of likely N-dealkylation sites (N-methyl/N-ethyl adjacent to an activating group) is 1. The number of rotatable bonds is 8. The molecule has 0 aromatic heterocycles. The highest BCUT2D eigenvalue weighted by Crippen LogP contribution is 2.36. The molecule has 2 aromatic carbocycles. The van der Waals surface area contributed by atoms with E-state index in [1.165, 1.54) is 11.8 Å². The number of benzene rings is 2. The van der Waals surface area contributed by atoms with Gasteiger partial charge in [-0.05, 0) is 36.9 Å². The molecule has 0 unspecified atom stereocenters. The van der Waals surface area contributed by atoms with Crippen LogP contribution in [0, 0.1) is 0 Å². The molecule has 1 aliphatic heterocycles. The third-order valence-corrected chi connectivity index (χ3v) is 6.00. The van der Waals surface area contributed by atoms with Gasteiger partial charge in [0.2, 0.25) is 5.91 Å². The first kappa shape index (κ1) is 20.4. The Labute approximate surface area is 171 Å². The van der Waals surface area contributed by atoms with Gasteiger partial charge in [-0.3, -0.25) is 9.59 Å². The monoisotopic (exact) mass is 397 g/mol. The first-order chi connectivity index (χ1) is 13.6. The van der Waals surface area contributed by atoms with E-state index in [0.717, 1.165) is 35.8 Å². The maximum atomic E-state index is 12.6. The summed E-state index contributed by atoms with van der Waals surface area (Å²) in [4.78, 5) is 30.2. The molecule has 1 N–H and O–H groups in total. The van der Waals surface area contributed by atoms with Crippen LogP contribution in [0.15, 0.2) is 53.4 Å². The molecular weight excluding hydrogens is 370 g/mol. The zero-order valence-corrected chi connectivity index (χ0v) is 17.3. The Kier molecular flexibility index (Phi) is 7.12. The summed E-state index contributed by atoms with van der Waals surface area (Å²) in [6.07, 6.45) is 0. The van der Waals surface area contributed by atoms with Crippen LogP contribution in [0.2, 0.25) is 0 Å². The fourth-order valence-electron chi connectivity index (χ4n) is 3.25. The minimum absolute atomic E-state index is 0.0699. The van der Waals surface area contributed by atoms with E-state index < -0.39 is 0 Å². The molecule has 0 saturated carbocycles. The van der Waals surface area contributed by atoms with Crippen LogP contribution in [-0.2, 0) is 11.3 Å². The molecule has 0 radical (unpaired) electrons. The Morgan fingerprint density at radius 1 is 1.14 bits per heavy atom. The van der Waals surface area contributed by atoms with Crippen LogP contribution in [0.5, 0.6) is 0 Å². The number of thioether (sulfide) groups is 1. The number of carbonyl (C=O) groups is 2. The second-order valence-electron chi connectivity index (χ2n) is 6.72. The fourth-order valence-corrected chi connectivity index (χ4v) is 4.17. The first-order valence-corrected chi connectivity index (χ1v) is 10.7. The van der Waals surface area contributed by atoms with Gasteiger partial charge >= 0.3 is 0 Å². The van der Waals surface area contributed by atoms with E-state index in [-0.39, 0.29) is 11.8 Å². The third-order valence-electron chi connectivity index (χ3n) is 4.96. The highest BCUT2D eigenvalue weighted by Gasteiger charge is 2.26. The van der Waals surface area contributed by atoms with Gasteiger partial charge in [0.25, 0.3) is 5.91 Å². The molecule has 0 aliphatic carbocycles. The van der Waals surface area contributed by atoms with Crippen molar-refractivity contribution in [3.05, 3.63) is 59.7 Å². The lowest BCUT2D eigenvalue weighted by Crippen LogP contribution is -2.36. The highest BCUT2D eigenvalue weighted by atomic mass is 32.2. The van der Waals surface area contributed by atoms with Gasteiger partial charge < -0.3 is 15.1 Å². The van der Waals surface area contributed by atoms with Crippen molar-refractivity contribution in [2.75, 3.05) is 36.8 Å². The van der Waals surface area contributed by atoms with E-state index in [0.29, 0.717) is 24.4 Å². The van der Waals surface area contributed by atoms with Crippen molar-refractivity contribution in [1.29, 1.82) is 0 Å². The van der Waals surface area contributed by atoms with E-state index in [9.17, 15) is 9.59 Å². The second-order valence-corrected chi connectivity index (χ2v) is 7.74. The molecule has 2 aromatic rings. The number of anilines is 1. The van der Waals surface area contributed by atoms with Gasteiger partial charge in [0.05, 0.1) is 18.0 Å². The Bertz CT molecular complexity index is 822. The number of hydrogen-bond donors (Lipinski definition) is 1. The summed E-state index contributed by atoms with van der Waals surface area (Å²) < 4.78 is 0. The first-order valence-electron chi connectivity index (χ1n) is 9.74. The minimum atomic E-state index is -0.0994. The van der Waals surface area contributed by atoms with E-state index in [1.807, 2.05) is 48.5 Å². The molecule has 3 rings (SSSR count). The molecule has 6 heteroatoms. The Balaban J connectivity index is 1.74. The average molecular weight is 398 g/mol. The molecule has 1 aliphatic rings. The molecule has 0 atom stereocenters. The lowest BCUT2D eigenvalue weighted by molar-refractivity contribution is -0.116. The van der Waals surface area contributed by atoms with Crippen molar-refractivity contribution in [3.8, 4) is 0 Å². The molecule has 0 bridgehead atoms. The van der Waals surface area contributed by atoms with Crippen molar-refractivity contribution >= 4 is 29.3 Å². The number of hydrogen-bond acceptors (Lipinski definition) is 4. The quantitative estimate of drug-likeness (QED) is 0.742. The normalized spacial score (nSPS) is 13.5. The Hall–Kier alpha value is -2.31. The number of carbonyl (C=O) groups excluding carboxylic acids is 2. The average Bonchev–Trinajstić information content (AvgIpc) is 2.73. The van der Waals surface area contributed by atoms with Gasteiger partial charge in [-0.15, -0.1) is 11.8 Å². The lowest BCUT2D eigenvalue weighted by Gasteiger charge is -2.29. The summed E-state index contributed by atoms with van der Waals surface area (Å²) in [6.45, 7) is 8.13. The molecule has 0 spiro atoms. The predicted octanol–water partition coefficient (Wildman–Crippen LogP) is 3.40. The van der Waals surface area contributed by atoms with Crippen molar-refractivity contribution in [2.24, 2.45) is 0 Å². The van der Waals surface area contributed by atoms with Gasteiger partial charge in [-0.1, -0.05) is 44.2 Å². The number of nitrogens with one attached hydrogen (secondary N) is 1. The summed E-state index contributed by atoms with van der Waals surface area (Å²) in [5.74, 6) is 0.396. The smallest absolute Gasteiger partial charge is 0.251 e. The van der Waals surface area contributed by atoms with Crippen molar-refractivity contribution < 1.29 is 9.59 Å². The zero-order valence-electron chi connectivity index (χ0n) is 16.5. The fraction of sp³-hybridized carbons (Fsp3) is 0.364. The van der Waals surface area contributed by atoms with Crippen LogP contribution in [0.4, 0.5) is 5.69 Å². The van der Waals surface area contributed by atoms with Crippen LogP contribution in [0.25, 0.3) is 0 Å². The summed E-state index contributed by atoms with van der Waals surface area (Å²) in [5.41, 5.74) is 2.48. The maximum absolute atomic E-state index is 12.6. The van der Waals surface area contributed by atoms with E-state index in [2.05, 4.69) is 24.1 Å². The van der Waals surface area contributed by atoms with Crippen molar-refractivity contribution in [1.82, 2.24) is 10.2 Å². The predicted molar refractivity (Wildman–Crippen MR) is 115 cm³/mol. The van der Waals surface area contributed by atoms with Crippen LogP contribution in [-0.4, -0.2) is 48.6 Å². The zero-order chi connectivity index (χ0) is 19.9. The van der Waals surface area contributed by atoms with Crippen LogP contribution in [0.3, 0.4) is 0 Å². The molecule has 28 heavy (non-hydrogen) atoms. The molecule has 0 saturated heterocycles. The van der Waals surface area contributed by atoms with Crippen molar-refractivity contribution in [2.45, 2.75) is 25.3 Å². The molecule has 1 heterocycles. The summed E-state index contributed by atoms with van der Waals surface area (Å²) >= 11 is 1.53. The topological polar surface area (TPSA) is 52.7 Å². The molecular formula is C22H27N3O2S. The van der Waals surface area contributed by atoms with E-state index >= 15 is 0 Å². The summed E-state index contributed by atoms with van der Waals surface area (Å²) in [6, 6.07) is 15.6. The number of amides is 2. The standard InChI is InChI=1S/C22H27N3O2S/c1-3-24(4-2)13-12-23-22(27)18-10-11-20-19(14-18)25(21(26)16-28-20)15-17-8-6-5-7-9-17/h5-11,14H,3-4,12-13,15-16H2,1-2H3,(H,23,27). The molecule has 148 valence electrons. The van der Waals surface area contributed by atoms with Crippen LogP contribution >= 0.6 is 11.8 Å². The summed E-state index contributed by atoms with van der Waals surface area (Å²) in [7, 11) is 0. The molecule has 2 amide bonds. The van der Waals surface area contributed by atoms with Gasteiger partial charge in [-0.25, -0.2) is 0 Å². The second kappa shape index (κ2) is 9.75. The van der Waals surface area contributed by atoms with Gasteiger partial charge in [-0.2, -0.15) is 0 Å². The van der Waals surface area contributed by atoms with Gasteiger partial charge in [0, 0.05) is 23.5 Å². The molecule has 5 nitrogen and oxygen atoms in total. The van der Waals surface area contributed by atoms with E-state index in [4.69, 9.17) is 0 Å². The largest absolute Gasteiger partial charge is 0.351 e. The van der Waals surface area contributed by atoms with Gasteiger partial charge in [0.1, 0.15) is 0 Å². The minimum Gasteiger partial charge on any atom is -0.351 e. The Morgan fingerprint density at radius 3 is 2.61 bits per heavy atom. The van der Waals surface area contributed by atoms with Gasteiger partial charge in [0.15, 0.2) is 0 Å². The molecule has 0 fully saturated rings. The van der Waals surface area contributed by atoms with E-state index in [1.54, 1.807) is 4.90 Å². The third kappa shape index (κ3) is 4.94.